The maximum Gasteiger partial charge on any atom is 0.272 e. The Morgan fingerprint density at radius 1 is 1.35 bits per heavy atom. The van der Waals surface area contributed by atoms with E-state index in [1.165, 1.54) is 21.7 Å². The van der Waals surface area contributed by atoms with Crippen molar-refractivity contribution in [1.82, 2.24) is 15.1 Å². The average Bonchev–Trinajstić information content (AvgIpc) is 2.57. The molecule has 2 aromatic rings. The summed E-state index contributed by atoms with van der Waals surface area (Å²) in [4.78, 5) is 25.4. The molecule has 1 aliphatic heterocycles. The normalized spacial score (nSPS) is 16.7. The predicted octanol–water partition coefficient (Wildman–Crippen LogP) is 2.62. The Bertz CT molecular complexity index is 772. The molecule has 6 heteroatoms. The highest BCUT2D eigenvalue weighted by Crippen LogP contribution is 2.35. The molecule has 0 fully saturated rings. The number of carbonyl (C=O) groups excluding carboxylic acids is 1. The molecule has 0 saturated heterocycles. The lowest BCUT2D eigenvalue weighted by molar-refractivity contribution is 0.0927. The molecule has 0 unspecified atom stereocenters. The second kappa shape index (κ2) is 7.00. The van der Waals surface area contributed by atoms with E-state index in [2.05, 4.69) is 22.5 Å². The number of amides is 1. The molecule has 0 radical (unpaired) electrons. The van der Waals surface area contributed by atoms with Gasteiger partial charge in [-0.1, -0.05) is 25.1 Å². The van der Waals surface area contributed by atoms with Crippen LogP contribution in [0.5, 0.6) is 0 Å². The van der Waals surface area contributed by atoms with Gasteiger partial charge >= 0.3 is 0 Å². The minimum absolute atomic E-state index is 0.00620. The Labute approximate surface area is 139 Å². The molecule has 1 aromatic carbocycles. The van der Waals surface area contributed by atoms with Gasteiger partial charge in [-0.2, -0.15) is 5.10 Å². The number of hydrogen-bond donors (Lipinski definition) is 1. The van der Waals surface area contributed by atoms with Gasteiger partial charge in [0.15, 0.2) is 0 Å². The molecular formula is C17H19N3O2S. The standard InChI is InChI=1S/C17H19N3O2S/c1-2-10-20-16(21)8-7-14(19-20)17(22)18-13-9-11-23-15-6-4-3-5-12(13)15/h3-8,13H,2,9-11H2,1H3,(H,18,22)/t13-/m0/s1. The van der Waals surface area contributed by atoms with Gasteiger partial charge in [-0.05, 0) is 30.5 Å². The third kappa shape index (κ3) is 3.47. The first-order valence-corrected chi connectivity index (χ1v) is 8.78. The van der Waals surface area contributed by atoms with E-state index in [9.17, 15) is 9.59 Å². The van der Waals surface area contributed by atoms with E-state index >= 15 is 0 Å². The number of fused-ring (bicyclic) bond motifs is 1. The number of hydrogen-bond acceptors (Lipinski definition) is 4. The van der Waals surface area contributed by atoms with Crippen LogP contribution in [0.3, 0.4) is 0 Å². The predicted molar refractivity (Wildman–Crippen MR) is 90.8 cm³/mol. The summed E-state index contributed by atoms with van der Waals surface area (Å²) in [5, 5.41) is 7.22. The van der Waals surface area contributed by atoms with Gasteiger partial charge in [-0.3, -0.25) is 9.59 Å². The van der Waals surface area contributed by atoms with Gasteiger partial charge in [0.25, 0.3) is 11.5 Å². The second-order valence-corrected chi connectivity index (χ2v) is 6.62. The summed E-state index contributed by atoms with van der Waals surface area (Å²) in [6, 6.07) is 11.0. The topological polar surface area (TPSA) is 64.0 Å². The Morgan fingerprint density at radius 3 is 3.00 bits per heavy atom. The summed E-state index contributed by atoms with van der Waals surface area (Å²) in [6.45, 7) is 2.49. The fraction of sp³-hybridized carbons (Fsp3) is 0.353. The highest BCUT2D eigenvalue weighted by Gasteiger charge is 2.23. The molecule has 0 bridgehead atoms. The Balaban J connectivity index is 1.80. The summed E-state index contributed by atoms with van der Waals surface area (Å²) >= 11 is 1.81. The molecule has 1 N–H and O–H groups in total. The maximum atomic E-state index is 12.5. The van der Waals surface area contributed by atoms with Crippen molar-refractivity contribution in [2.45, 2.75) is 37.2 Å². The van der Waals surface area contributed by atoms with Gasteiger partial charge in [0, 0.05) is 23.3 Å². The van der Waals surface area contributed by atoms with Crippen molar-refractivity contribution in [3.05, 3.63) is 58.0 Å². The van der Waals surface area contributed by atoms with Crippen LogP contribution in [0, 0.1) is 0 Å². The zero-order valence-corrected chi connectivity index (χ0v) is 13.8. The quantitative estimate of drug-likeness (QED) is 0.936. The number of nitrogens with one attached hydrogen (secondary N) is 1. The van der Waals surface area contributed by atoms with Gasteiger partial charge in [-0.25, -0.2) is 4.68 Å². The molecule has 0 spiro atoms. The van der Waals surface area contributed by atoms with Crippen molar-refractivity contribution in [2.24, 2.45) is 0 Å². The summed E-state index contributed by atoms with van der Waals surface area (Å²) in [6.07, 6.45) is 1.69. The molecule has 2 heterocycles. The number of nitrogens with zero attached hydrogens (tertiary/aromatic N) is 2. The van der Waals surface area contributed by atoms with Crippen LogP contribution in [0.2, 0.25) is 0 Å². The number of thioether (sulfide) groups is 1. The van der Waals surface area contributed by atoms with Crippen LogP contribution in [-0.2, 0) is 6.54 Å². The first-order valence-electron chi connectivity index (χ1n) is 7.80. The smallest absolute Gasteiger partial charge is 0.272 e. The van der Waals surface area contributed by atoms with Crippen molar-refractivity contribution in [2.75, 3.05) is 5.75 Å². The van der Waals surface area contributed by atoms with Gasteiger partial charge in [0.2, 0.25) is 0 Å². The third-order valence-corrected chi connectivity index (χ3v) is 4.92. The Kier molecular flexibility index (Phi) is 4.81. The number of aromatic nitrogens is 2. The van der Waals surface area contributed by atoms with Crippen molar-refractivity contribution in [1.29, 1.82) is 0 Å². The van der Waals surface area contributed by atoms with Gasteiger partial charge in [0.1, 0.15) is 5.69 Å². The van der Waals surface area contributed by atoms with Crippen LogP contribution in [0.4, 0.5) is 0 Å². The molecule has 3 rings (SSSR count). The van der Waals surface area contributed by atoms with Gasteiger partial charge in [-0.15, -0.1) is 11.8 Å². The van der Waals surface area contributed by atoms with Crippen LogP contribution >= 0.6 is 11.8 Å². The number of benzene rings is 1. The van der Waals surface area contributed by atoms with Crippen LogP contribution in [0.1, 0.15) is 41.9 Å². The maximum absolute atomic E-state index is 12.5. The monoisotopic (exact) mass is 329 g/mol. The van der Waals surface area contributed by atoms with E-state index < -0.39 is 0 Å². The molecule has 0 saturated carbocycles. The van der Waals surface area contributed by atoms with Crippen molar-refractivity contribution >= 4 is 17.7 Å². The van der Waals surface area contributed by atoms with Crippen molar-refractivity contribution < 1.29 is 4.79 Å². The molecule has 1 amide bonds. The molecule has 5 nitrogen and oxygen atoms in total. The zero-order valence-electron chi connectivity index (χ0n) is 13.0. The van der Waals surface area contributed by atoms with Gasteiger partial charge < -0.3 is 5.32 Å². The summed E-state index contributed by atoms with van der Waals surface area (Å²) in [5.74, 6) is 0.742. The minimum atomic E-state index is -0.235. The zero-order chi connectivity index (χ0) is 16.2. The van der Waals surface area contributed by atoms with E-state index in [1.807, 2.05) is 30.8 Å². The first-order chi connectivity index (χ1) is 11.2. The van der Waals surface area contributed by atoms with E-state index in [1.54, 1.807) is 0 Å². The Morgan fingerprint density at radius 2 is 2.17 bits per heavy atom. The minimum Gasteiger partial charge on any atom is -0.344 e. The van der Waals surface area contributed by atoms with Crippen LogP contribution in [0.25, 0.3) is 0 Å². The molecule has 1 aromatic heterocycles. The molecule has 1 aliphatic rings. The lowest BCUT2D eigenvalue weighted by Crippen LogP contribution is -2.33. The molecule has 120 valence electrons. The van der Waals surface area contributed by atoms with E-state index in [0.717, 1.165) is 24.2 Å². The second-order valence-electron chi connectivity index (χ2n) is 5.48. The van der Waals surface area contributed by atoms with Crippen LogP contribution in [-0.4, -0.2) is 21.4 Å². The highest BCUT2D eigenvalue weighted by atomic mass is 32.2. The summed E-state index contributed by atoms with van der Waals surface area (Å²) in [7, 11) is 0. The number of aryl methyl sites for hydroxylation is 1. The first kappa shape index (κ1) is 15.8. The Hall–Kier alpha value is -2.08. The van der Waals surface area contributed by atoms with Crippen molar-refractivity contribution in [3.8, 4) is 0 Å². The van der Waals surface area contributed by atoms with Crippen LogP contribution in [0.15, 0.2) is 46.1 Å². The van der Waals surface area contributed by atoms with Crippen LogP contribution < -0.4 is 10.9 Å². The average molecular weight is 329 g/mol. The van der Waals surface area contributed by atoms with E-state index in [4.69, 9.17) is 0 Å². The largest absolute Gasteiger partial charge is 0.344 e. The third-order valence-electron chi connectivity index (χ3n) is 3.80. The van der Waals surface area contributed by atoms with Crippen molar-refractivity contribution in [3.63, 3.8) is 0 Å². The molecule has 0 aliphatic carbocycles. The number of carbonyl (C=O) groups is 1. The number of rotatable bonds is 4. The fourth-order valence-electron chi connectivity index (χ4n) is 2.67. The lowest BCUT2D eigenvalue weighted by Gasteiger charge is -2.25. The highest BCUT2D eigenvalue weighted by molar-refractivity contribution is 7.99. The molecule has 23 heavy (non-hydrogen) atoms. The molecule has 1 atom stereocenters. The lowest BCUT2D eigenvalue weighted by atomic mass is 10.0. The molecular weight excluding hydrogens is 310 g/mol. The summed E-state index contributed by atoms with van der Waals surface area (Å²) < 4.78 is 1.35. The SMILES string of the molecule is CCCn1nc(C(=O)N[C@H]2CCSc3ccccc32)ccc1=O. The van der Waals surface area contributed by atoms with E-state index in [0.29, 0.717) is 6.54 Å². The van der Waals surface area contributed by atoms with Gasteiger partial charge in [0.05, 0.1) is 6.04 Å². The fourth-order valence-corrected chi connectivity index (χ4v) is 3.79. The summed E-state index contributed by atoms with van der Waals surface area (Å²) in [5.41, 5.74) is 1.26. The van der Waals surface area contributed by atoms with E-state index in [-0.39, 0.29) is 23.2 Å².